The summed E-state index contributed by atoms with van der Waals surface area (Å²) in [5, 5.41) is 2.75. The van der Waals surface area contributed by atoms with Crippen molar-refractivity contribution in [3.05, 3.63) is 0 Å². The molecule has 0 spiro atoms. The molecule has 0 aliphatic heterocycles. The summed E-state index contributed by atoms with van der Waals surface area (Å²) in [4.78, 5) is 0. The molecule has 0 fully saturated rings. The Kier molecular flexibility index (Phi) is 13.6. The summed E-state index contributed by atoms with van der Waals surface area (Å²) in [6.45, 7) is 3.35. The van der Waals surface area contributed by atoms with Crippen LogP contribution in [0.1, 0.15) is 0 Å². The van der Waals surface area contributed by atoms with E-state index in [4.69, 9.17) is 0 Å². The molecule has 0 rings (SSSR count). The highest BCUT2D eigenvalue weighted by molar-refractivity contribution is 7.42. The fraction of sp³-hybridized carbons (Fsp3) is 1.00. The van der Waals surface area contributed by atoms with Gasteiger partial charge in [-0.05, 0) is 14.1 Å². The fourth-order valence-corrected chi connectivity index (χ4v) is 0. The summed E-state index contributed by atoms with van der Waals surface area (Å²) < 4.78 is 9.59. The molecular formula is C4H13NOP+. The Morgan fingerprint density at radius 3 is 1.29 bits per heavy atom. The number of nitrogens with one attached hydrogen (secondary N) is 1. The Bertz CT molecular complexity index is 43.0. The van der Waals surface area contributed by atoms with E-state index < -0.39 is 7.80 Å². The zero-order chi connectivity index (χ0) is 6.28. The van der Waals surface area contributed by atoms with E-state index in [1.165, 1.54) is 0 Å². The SMILES string of the molecule is CNC.C[P+](C)=O. The summed E-state index contributed by atoms with van der Waals surface area (Å²) >= 11 is 0. The van der Waals surface area contributed by atoms with E-state index in [0.717, 1.165) is 0 Å². The third kappa shape index (κ3) is 27700. The molecule has 0 amide bonds. The van der Waals surface area contributed by atoms with Crippen molar-refractivity contribution >= 4 is 7.80 Å². The molecule has 3 heteroatoms. The van der Waals surface area contributed by atoms with Crippen molar-refractivity contribution < 1.29 is 4.57 Å². The fourth-order valence-electron chi connectivity index (χ4n) is 0. The molecule has 2 nitrogen and oxygen atoms in total. The number of rotatable bonds is 0. The van der Waals surface area contributed by atoms with Crippen LogP contribution in [0.2, 0.25) is 0 Å². The van der Waals surface area contributed by atoms with Crippen molar-refractivity contribution in [2.75, 3.05) is 27.4 Å². The molecule has 0 radical (unpaired) electrons. The van der Waals surface area contributed by atoms with E-state index in [-0.39, 0.29) is 0 Å². The number of hydrogen-bond donors (Lipinski definition) is 1. The summed E-state index contributed by atoms with van der Waals surface area (Å²) in [7, 11) is 2.88. The first kappa shape index (κ1) is 10.1. The van der Waals surface area contributed by atoms with Crippen molar-refractivity contribution in [2.45, 2.75) is 0 Å². The standard InChI is InChI=1S/C2H7N.C2H6OP/c1-3-2;1-4(2)3/h3H,1-2H3;1-2H3/q;+1. The van der Waals surface area contributed by atoms with Crippen LogP contribution in [0.15, 0.2) is 0 Å². The highest BCUT2D eigenvalue weighted by Crippen LogP contribution is 2.00. The zero-order valence-corrected chi connectivity index (χ0v) is 6.25. The summed E-state index contributed by atoms with van der Waals surface area (Å²) in [6, 6.07) is 0. The minimum atomic E-state index is -0.870. The van der Waals surface area contributed by atoms with Crippen LogP contribution in [0.3, 0.4) is 0 Å². The molecule has 0 saturated heterocycles. The van der Waals surface area contributed by atoms with Crippen LogP contribution in [-0.4, -0.2) is 27.4 Å². The predicted octanol–water partition coefficient (Wildman–Crippen LogP) is 0.909. The quantitative estimate of drug-likeness (QED) is 0.484. The van der Waals surface area contributed by atoms with Crippen molar-refractivity contribution in [3.63, 3.8) is 0 Å². The van der Waals surface area contributed by atoms with Crippen LogP contribution in [0.25, 0.3) is 0 Å². The monoisotopic (exact) mass is 122 g/mol. The number of hydrogen-bond acceptors (Lipinski definition) is 2. The maximum absolute atomic E-state index is 9.59. The minimum absolute atomic E-state index is 0.870. The van der Waals surface area contributed by atoms with E-state index >= 15 is 0 Å². The second-order valence-electron chi connectivity index (χ2n) is 1.31. The van der Waals surface area contributed by atoms with Gasteiger partial charge in [0.2, 0.25) is 0 Å². The van der Waals surface area contributed by atoms with Gasteiger partial charge in [0, 0.05) is 0 Å². The summed E-state index contributed by atoms with van der Waals surface area (Å²) in [5.41, 5.74) is 0. The van der Waals surface area contributed by atoms with Crippen LogP contribution in [0, 0.1) is 0 Å². The second kappa shape index (κ2) is 9.41. The molecule has 0 heterocycles. The van der Waals surface area contributed by atoms with Gasteiger partial charge in [-0.25, -0.2) is 0 Å². The lowest BCUT2D eigenvalue weighted by Gasteiger charge is -1.59. The highest BCUT2D eigenvalue weighted by Gasteiger charge is 1.80. The van der Waals surface area contributed by atoms with E-state index in [1.807, 2.05) is 14.1 Å². The second-order valence-corrected chi connectivity index (χ2v) is 2.94. The van der Waals surface area contributed by atoms with E-state index in [1.54, 1.807) is 13.3 Å². The lowest BCUT2D eigenvalue weighted by Crippen LogP contribution is -1.89. The molecule has 0 aliphatic carbocycles. The molecule has 0 unspecified atom stereocenters. The Labute approximate surface area is 46.1 Å². The van der Waals surface area contributed by atoms with Crippen molar-refractivity contribution in [3.8, 4) is 0 Å². The molecule has 0 aromatic heterocycles. The van der Waals surface area contributed by atoms with Crippen molar-refractivity contribution in [1.29, 1.82) is 0 Å². The maximum atomic E-state index is 9.59. The first-order valence-electron chi connectivity index (χ1n) is 2.08. The van der Waals surface area contributed by atoms with Crippen LogP contribution >= 0.6 is 7.80 Å². The Hall–Kier alpha value is 0.0600. The summed E-state index contributed by atoms with van der Waals surface area (Å²) in [6.07, 6.45) is 0. The van der Waals surface area contributed by atoms with E-state index in [9.17, 15) is 4.57 Å². The Morgan fingerprint density at radius 2 is 1.29 bits per heavy atom. The normalized spacial score (nSPS) is 6.29. The first-order valence-corrected chi connectivity index (χ1v) is 4.23. The smallest absolute Gasteiger partial charge is 0.323 e. The first-order chi connectivity index (χ1) is 3.15. The van der Waals surface area contributed by atoms with E-state index in [0.29, 0.717) is 0 Å². The van der Waals surface area contributed by atoms with Gasteiger partial charge in [-0.2, -0.15) is 0 Å². The molecule has 0 aliphatic rings. The van der Waals surface area contributed by atoms with Crippen LogP contribution in [-0.2, 0) is 4.57 Å². The molecule has 0 bridgehead atoms. The van der Waals surface area contributed by atoms with Gasteiger partial charge in [-0.1, -0.05) is 4.57 Å². The van der Waals surface area contributed by atoms with Gasteiger partial charge in [0.15, 0.2) is 0 Å². The minimum Gasteiger partial charge on any atom is -0.323 e. The average molecular weight is 122 g/mol. The topological polar surface area (TPSA) is 29.1 Å². The molecular weight excluding hydrogens is 109 g/mol. The van der Waals surface area contributed by atoms with E-state index in [2.05, 4.69) is 5.32 Å². The van der Waals surface area contributed by atoms with Crippen LogP contribution in [0.4, 0.5) is 0 Å². The van der Waals surface area contributed by atoms with Crippen molar-refractivity contribution in [2.24, 2.45) is 0 Å². The molecule has 44 valence electrons. The zero-order valence-electron chi connectivity index (χ0n) is 5.36. The van der Waals surface area contributed by atoms with Gasteiger partial charge < -0.3 is 5.32 Å². The molecule has 0 aromatic rings. The third-order valence-corrected chi connectivity index (χ3v) is 0. The van der Waals surface area contributed by atoms with Crippen LogP contribution in [0.5, 0.6) is 0 Å². The molecule has 7 heavy (non-hydrogen) atoms. The Morgan fingerprint density at radius 1 is 1.29 bits per heavy atom. The maximum Gasteiger partial charge on any atom is 0.332 e. The lowest BCUT2D eigenvalue weighted by molar-refractivity contribution is 0.594. The third-order valence-electron chi connectivity index (χ3n) is 0. The van der Waals surface area contributed by atoms with Gasteiger partial charge in [0.1, 0.15) is 13.3 Å². The largest absolute Gasteiger partial charge is 0.332 e. The van der Waals surface area contributed by atoms with Gasteiger partial charge in [0.05, 0.1) is 0 Å². The average Bonchev–Trinajstić information content (AvgIpc) is 1.33. The van der Waals surface area contributed by atoms with Gasteiger partial charge in [0.25, 0.3) is 0 Å². The van der Waals surface area contributed by atoms with Gasteiger partial charge in [-0.15, -0.1) is 0 Å². The molecule has 0 saturated carbocycles. The molecule has 1 N–H and O–H groups in total. The predicted molar refractivity (Wildman–Crippen MR) is 34.4 cm³/mol. The van der Waals surface area contributed by atoms with Crippen LogP contribution < -0.4 is 5.32 Å². The van der Waals surface area contributed by atoms with Gasteiger partial charge in [-0.3, -0.25) is 0 Å². The molecule has 0 atom stereocenters. The highest BCUT2D eigenvalue weighted by atomic mass is 31.1. The Balaban J connectivity index is 0. The molecule has 0 aromatic carbocycles. The van der Waals surface area contributed by atoms with Gasteiger partial charge >= 0.3 is 7.80 Å². The lowest BCUT2D eigenvalue weighted by atomic mass is 11.3. The van der Waals surface area contributed by atoms with Crippen molar-refractivity contribution in [1.82, 2.24) is 5.32 Å². The summed E-state index contributed by atoms with van der Waals surface area (Å²) in [5.74, 6) is 0.